The number of carbonyl (C=O) groups is 2. The van der Waals surface area contributed by atoms with Gasteiger partial charge in [-0.05, 0) is 61.5 Å². The lowest BCUT2D eigenvalue weighted by Gasteiger charge is -2.36. The molecule has 0 spiro atoms. The molecule has 1 aliphatic heterocycles. The zero-order chi connectivity index (χ0) is 20.5. The fourth-order valence-corrected chi connectivity index (χ4v) is 5.64. The van der Waals surface area contributed by atoms with E-state index in [0.29, 0.717) is 5.92 Å². The molecule has 0 radical (unpaired) electrons. The number of hydrogen-bond acceptors (Lipinski definition) is 3. The van der Waals surface area contributed by atoms with Gasteiger partial charge in [0.15, 0.2) is 0 Å². The Hall–Kier alpha value is -1.88. The maximum absolute atomic E-state index is 13.4. The number of rotatable bonds is 4. The van der Waals surface area contributed by atoms with Gasteiger partial charge in [0, 0.05) is 6.04 Å². The van der Waals surface area contributed by atoms with Crippen molar-refractivity contribution in [2.75, 3.05) is 0 Å². The molecule has 4 rings (SSSR count). The van der Waals surface area contributed by atoms with Crippen LogP contribution in [-0.4, -0.2) is 34.8 Å². The Bertz CT molecular complexity index is 762. The van der Waals surface area contributed by atoms with E-state index >= 15 is 0 Å². The van der Waals surface area contributed by atoms with E-state index in [0.717, 1.165) is 44.9 Å². The van der Waals surface area contributed by atoms with Gasteiger partial charge in [-0.25, -0.2) is 0 Å². The van der Waals surface area contributed by atoms with Crippen LogP contribution in [0.2, 0.25) is 0 Å². The van der Waals surface area contributed by atoms with Crippen LogP contribution in [0.25, 0.3) is 0 Å². The highest BCUT2D eigenvalue weighted by Gasteiger charge is 2.48. The second-order valence-corrected chi connectivity index (χ2v) is 9.53. The van der Waals surface area contributed by atoms with E-state index < -0.39 is 6.04 Å². The molecule has 29 heavy (non-hydrogen) atoms. The maximum atomic E-state index is 13.4. The fraction of sp³-hybridized carbons (Fsp3) is 0.667. The van der Waals surface area contributed by atoms with E-state index in [9.17, 15) is 9.59 Å². The monoisotopic (exact) mass is 397 g/mol. The number of nitrogens with two attached hydrogens (primary N) is 1. The summed E-state index contributed by atoms with van der Waals surface area (Å²) in [5, 5.41) is 3.31. The van der Waals surface area contributed by atoms with Crippen molar-refractivity contribution in [3.63, 3.8) is 0 Å². The molecule has 3 aliphatic rings. The molecule has 2 fully saturated rings. The van der Waals surface area contributed by atoms with Crippen LogP contribution in [0.5, 0.6) is 0 Å². The number of nitrogens with zero attached hydrogens (tertiary/aromatic N) is 1. The van der Waals surface area contributed by atoms with E-state index in [1.807, 2.05) is 24.8 Å². The van der Waals surface area contributed by atoms with Gasteiger partial charge in [-0.2, -0.15) is 0 Å². The number of carbonyl (C=O) groups excluding carboxylic acids is 2. The van der Waals surface area contributed by atoms with E-state index in [4.69, 9.17) is 5.73 Å². The first-order valence-corrected chi connectivity index (χ1v) is 11.4. The topological polar surface area (TPSA) is 75.4 Å². The van der Waals surface area contributed by atoms with E-state index in [1.165, 1.54) is 17.5 Å². The minimum absolute atomic E-state index is 0.00501. The van der Waals surface area contributed by atoms with Crippen LogP contribution < -0.4 is 11.1 Å². The normalized spacial score (nSPS) is 29.9. The van der Waals surface area contributed by atoms with Crippen molar-refractivity contribution in [1.82, 2.24) is 10.2 Å². The van der Waals surface area contributed by atoms with Crippen LogP contribution in [0, 0.1) is 11.8 Å². The van der Waals surface area contributed by atoms with Crippen molar-refractivity contribution in [3.05, 3.63) is 35.4 Å². The van der Waals surface area contributed by atoms with Crippen LogP contribution in [0.3, 0.4) is 0 Å². The van der Waals surface area contributed by atoms with Gasteiger partial charge in [-0.3, -0.25) is 9.59 Å². The summed E-state index contributed by atoms with van der Waals surface area (Å²) in [4.78, 5) is 28.6. The predicted octanol–water partition coefficient (Wildman–Crippen LogP) is 3.32. The molecular weight excluding hydrogens is 362 g/mol. The number of hydrogen-bond donors (Lipinski definition) is 2. The number of fused-ring (bicyclic) bond motifs is 2. The summed E-state index contributed by atoms with van der Waals surface area (Å²) in [7, 11) is 0. The molecule has 2 unspecified atom stereocenters. The van der Waals surface area contributed by atoms with Gasteiger partial charge < -0.3 is 16.0 Å². The minimum Gasteiger partial charge on any atom is -0.347 e. The van der Waals surface area contributed by atoms with Crippen molar-refractivity contribution >= 4 is 11.8 Å². The molecule has 2 aliphatic carbocycles. The first kappa shape index (κ1) is 20.4. The molecule has 0 aromatic heterocycles. The Kier molecular flexibility index (Phi) is 5.95. The number of benzene rings is 1. The van der Waals surface area contributed by atoms with Crippen LogP contribution in [0.4, 0.5) is 0 Å². The molecule has 5 atom stereocenters. The van der Waals surface area contributed by atoms with Crippen molar-refractivity contribution in [2.45, 2.75) is 89.4 Å². The Morgan fingerprint density at radius 3 is 2.66 bits per heavy atom. The molecule has 1 saturated carbocycles. The van der Waals surface area contributed by atoms with E-state index in [1.54, 1.807) is 0 Å². The van der Waals surface area contributed by atoms with Crippen molar-refractivity contribution in [2.24, 2.45) is 17.6 Å². The second-order valence-electron chi connectivity index (χ2n) is 9.53. The number of nitrogens with one attached hydrogen (secondary N) is 1. The molecule has 1 aromatic rings. The molecule has 2 amide bonds. The fourth-order valence-electron chi connectivity index (χ4n) is 5.64. The summed E-state index contributed by atoms with van der Waals surface area (Å²) in [6.07, 6.45) is 8.33. The smallest absolute Gasteiger partial charge is 0.243 e. The molecule has 0 bridgehead atoms. The molecule has 158 valence electrons. The van der Waals surface area contributed by atoms with Crippen LogP contribution in [-0.2, 0) is 16.0 Å². The number of likely N-dealkylation sites (tertiary alicyclic amines) is 1. The Labute approximate surface area is 174 Å². The molecule has 1 aromatic carbocycles. The first-order valence-electron chi connectivity index (χ1n) is 11.4. The van der Waals surface area contributed by atoms with Crippen molar-refractivity contribution < 1.29 is 9.59 Å². The quantitative estimate of drug-likeness (QED) is 0.818. The Morgan fingerprint density at radius 1 is 1.10 bits per heavy atom. The number of amides is 2. The number of aryl methyl sites for hydroxylation is 1. The average Bonchev–Trinajstić information content (AvgIpc) is 3.12. The summed E-state index contributed by atoms with van der Waals surface area (Å²) in [6, 6.07) is 7.71. The van der Waals surface area contributed by atoms with Gasteiger partial charge >= 0.3 is 0 Å². The molecule has 3 N–H and O–H groups in total. The minimum atomic E-state index is -0.540. The van der Waals surface area contributed by atoms with Gasteiger partial charge in [0.2, 0.25) is 11.8 Å². The first-order chi connectivity index (χ1) is 14.0. The third-order valence-corrected chi connectivity index (χ3v) is 7.33. The van der Waals surface area contributed by atoms with Crippen LogP contribution in [0.1, 0.15) is 76.0 Å². The molecule has 5 heteroatoms. The van der Waals surface area contributed by atoms with Gasteiger partial charge in [-0.15, -0.1) is 0 Å². The third-order valence-electron chi connectivity index (χ3n) is 7.33. The SMILES string of the molecule is CC(C)[C@H](N)C(=O)N1C2CCCCC2C[C@H]1C(=O)N[C@@H]1CCCc2ccccc21. The highest BCUT2D eigenvalue weighted by Crippen LogP contribution is 2.41. The molecule has 1 heterocycles. The predicted molar refractivity (Wildman–Crippen MR) is 114 cm³/mol. The van der Waals surface area contributed by atoms with E-state index in [2.05, 4.69) is 23.5 Å². The molecule has 1 saturated heterocycles. The lowest BCUT2D eigenvalue weighted by atomic mass is 9.84. The molecular formula is C24H35N3O2. The van der Waals surface area contributed by atoms with Gasteiger partial charge in [-0.1, -0.05) is 51.0 Å². The summed E-state index contributed by atoms with van der Waals surface area (Å²) in [6.45, 7) is 3.95. The second kappa shape index (κ2) is 8.47. The zero-order valence-electron chi connectivity index (χ0n) is 17.8. The third kappa shape index (κ3) is 3.94. The van der Waals surface area contributed by atoms with E-state index in [-0.39, 0.29) is 35.9 Å². The average molecular weight is 398 g/mol. The summed E-state index contributed by atoms with van der Waals surface area (Å²) in [5.74, 6) is 0.463. The summed E-state index contributed by atoms with van der Waals surface area (Å²) < 4.78 is 0. The Balaban J connectivity index is 1.55. The highest BCUT2D eigenvalue weighted by molar-refractivity contribution is 5.91. The van der Waals surface area contributed by atoms with Crippen LogP contribution in [0.15, 0.2) is 24.3 Å². The maximum Gasteiger partial charge on any atom is 0.243 e. The lowest BCUT2D eigenvalue weighted by molar-refractivity contribution is -0.143. The van der Waals surface area contributed by atoms with Crippen LogP contribution >= 0.6 is 0 Å². The zero-order valence-corrected chi connectivity index (χ0v) is 17.8. The summed E-state index contributed by atoms with van der Waals surface area (Å²) >= 11 is 0. The Morgan fingerprint density at radius 2 is 1.86 bits per heavy atom. The largest absolute Gasteiger partial charge is 0.347 e. The lowest BCUT2D eigenvalue weighted by Crippen LogP contribution is -2.56. The van der Waals surface area contributed by atoms with Crippen molar-refractivity contribution in [3.8, 4) is 0 Å². The van der Waals surface area contributed by atoms with Gasteiger partial charge in [0.1, 0.15) is 6.04 Å². The highest BCUT2D eigenvalue weighted by atomic mass is 16.2. The van der Waals surface area contributed by atoms with Crippen molar-refractivity contribution in [1.29, 1.82) is 0 Å². The van der Waals surface area contributed by atoms with Gasteiger partial charge in [0.25, 0.3) is 0 Å². The van der Waals surface area contributed by atoms with Gasteiger partial charge in [0.05, 0.1) is 12.1 Å². The molecule has 5 nitrogen and oxygen atoms in total. The summed E-state index contributed by atoms with van der Waals surface area (Å²) in [5.41, 5.74) is 8.82. The standard InChI is InChI=1S/C24H35N3O2/c1-15(2)22(25)24(29)27-20-13-6-4-9-17(20)14-21(27)23(28)26-19-12-7-10-16-8-3-5-11-18(16)19/h3,5,8,11,15,17,19-22H,4,6-7,9-10,12-14,25H2,1-2H3,(H,26,28)/t17?,19-,20?,21+,22+/m1/s1.